The average Bonchev–Trinajstić information content (AvgIpc) is 2.82. The van der Waals surface area contributed by atoms with E-state index in [1.807, 2.05) is 4.90 Å². The molecule has 4 rings (SSSR count). The molecule has 0 aliphatic carbocycles. The highest BCUT2D eigenvalue weighted by Crippen LogP contribution is 2.39. The lowest BCUT2D eigenvalue weighted by Crippen LogP contribution is -2.54. The van der Waals surface area contributed by atoms with Crippen molar-refractivity contribution < 1.29 is 40.6 Å². The van der Waals surface area contributed by atoms with Gasteiger partial charge in [0.1, 0.15) is 18.8 Å². The Kier molecular flexibility index (Phi) is 7.71. The molecule has 1 amide bonds. The van der Waals surface area contributed by atoms with Crippen LogP contribution in [0.25, 0.3) is 0 Å². The molecule has 0 spiro atoms. The monoisotopic (exact) mass is 550 g/mol. The molecule has 1 fully saturated rings. The smallest absolute Gasteiger partial charge is 0.423 e. The first-order valence-electron chi connectivity index (χ1n) is 11.6. The van der Waals surface area contributed by atoms with E-state index in [9.17, 15) is 35.9 Å². The minimum Gasteiger partial charge on any atom is -0.488 e. The molecule has 4 heterocycles. The number of hydrogen-bond donors (Lipinski definition) is 3. The molecule has 2 aromatic rings. The fourth-order valence-electron chi connectivity index (χ4n) is 4.41. The Morgan fingerprint density at radius 2 is 2.03 bits per heavy atom. The van der Waals surface area contributed by atoms with Gasteiger partial charge in [0.05, 0.1) is 30.1 Å². The highest BCUT2D eigenvalue weighted by molar-refractivity contribution is 5.77. The van der Waals surface area contributed by atoms with E-state index in [0.29, 0.717) is 25.2 Å². The summed E-state index contributed by atoms with van der Waals surface area (Å²) >= 11 is 0. The predicted octanol–water partition coefficient (Wildman–Crippen LogP) is 2.57. The standard InChI is InChI=1S/C22H24F6N6O4/c1-11(31-15-7-30-33-20(36)18(15)22(26,27)28)8-37-10-17(35)32-13-2-3-34-14(5-13)9-38-16-4-12(21(23,24)25)6-29-19(16)34/h4,6-7,11,13-14H,2-3,5,8-10H2,1H3,(H,32,35)(H2,31,33,36)/t11-,13?,14-/m0/s1. The fourth-order valence-corrected chi connectivity index (χ4v) is 4.41. The van der Waals surface area contributed by atoms with E-state index in [-0.39, 0.29) is 37.7 Å². The molecule has 16 heteroatoms. The number of rotatable bonds is 7. The number of ether oxygens (including phenoxy) is 2. The van der Waals surface area contributed by atoms with E-state index < -0.39 is 46.7 Å². The van der Waals surface area contributed by atoms with Crippen molar-refractivity contribution in [2.45, 2.75) is 50.2 Å². The first kappa shape index (κ1) is 27.5. The number of aromatic amines is 1. The Labute approximate surface area is 211 Å². The van der Waals surface area contributed by atoms with Crippen LogP contribution in [-0.4, -0.2) is 65.6 Å². The van der Waals surface area contributed by atoms with Gasteiger partial charge < -0.3 is 25.0 Å². The molecule has 0 bridgehead atoms. The van der Waals surface area contributed by atoms with Gasteiger partial charge in [-0.05, 0) is 25.8 Å². The number of hydrogen-bond acceptors (Lipinski definition) is 8. The zero-order valence-electron chi connectivity index (χ0n) is 19.9. The third kappa shape index (κ3) is 6.28. The van der Waals surface area contributed by atoms with Crippen LogP contribution in [0.2, 0.25) is 0 Å². The molecule has 10 nitrogen and oxygen atoms in total. The molecule has 38 heavy (non-hydrogen) atoms. The van der Waals surface area contributed by atoms with Crippen molar-refractivity contribution in [3.63, 3.8) is 0 Å². The zero-order valence-corrected chi connectivity index (χ0v) is 19.9. The Morgan fingerprint density at radius 3 is 2.74 bits per heavy atom. The van der Waals surface area contributed by atoms with Gasteiger partial charge in [-0.25, -0.2) is 10.1 Å². The number of anilines is 2. The fraction of sp³-hybridized carbons (Fsp3) is 0.545. The molecular formula is C22H24F6N6O4. The minimum absolute atomic E-state index is 0.0629. The normalized spacial score (nSPS) is 20.1. The van der Waals surface area contributed by atoms with Crippen LogP contribution in [0.5, 0.6) is 5.75 Å². The molecule has 0 aromatic carbocycles. The number of aromatic nitrogens is 3. The lowest BCUT2D eigenvalue weighted by Gasteiger charge is -2.43. The Morgan fingerprint density at radius 1 is 1.26 bits per heavy atom. The summed E-state index contributed by atoms with van der Waals surface area (Å²) in [5.74, 6) is -0.0457. The number of piperidine rings is 1. The molecule has 0 saturated carbocycles. The van der Waals surface area contributed by atoms with E-state index in [0.717, 1.165) is 18.5 Å². The third-order valence-corrected chi connectivity index (χ3v) is 6.09. The molecule has 0 radical (unpaired) electrons. The number of H-pyrrole nitrogens is 1. The highest BCUT2D eigenvalue weighted by atomic mass is 19.4. The first-order valence-corrected chi connectivity index (χ1v) is 11.6. The molecule has 2 aliphatic heterocycles. The number of halogens is 6. The van der Waals surface area contributed by atoms with Gasteiger partial charge in [-0.1, -0.05) is 0 Å². The average molecular weight is 550 g/mol. The summed E-state index contributed by atoms with van der Waals surface area (Å²) < 4.78 is 89.1. The highest BCUT2D eigenvalue weighted by Gasteiger charge is 2.39. The van der Waals surface area contributed by atoms with Gasteiger partial charge in [0, 0.05) is 24.8 Å². The Hall–Kier alpha value is -3.56. The maximum absolute atomic E-state index is 13.1. The van der Waals surface area contributed by atoms with Crippen LogP contribution >= 0.6 is 0 Å². The number of carbonyl (C=O) groups is 1. The van der Waals surface area contributed by atoms with Crippen molar-refractivity contribution in [3.8, 4) is 5.75 Å². The van der Waals surface area contributed by atoms with Crippen LogP contribution in [0.3, 0.4) is 0 Å². The summed E-state index contributed by atoms with van der Waals surface area (Å²) in [6.45, 7) is 1.62. The Balaban J connectivity index is 1.24. The molecule has 1 saturated heterocycles. The lowest BCUT2D eigenvalue weighted by atomic mass is 9.96. The Bertz CT molecular complexity index is 1220. The first-order chi connectivity index (χ1) is 17.8. The van der Waals surface area contributed by atoms with Crippen molar-refractivity contribution in [2.75, 3.05) is 36.6 Å². The summed E-state index contributed by atoms with van der Waals surface area (Å²) in [5, 5.41) is 10.5. The van der Waals surface area contributed by atoms with Gasteiger partial charge in [-0.3, -0.25) is 9.59 Å². The number of nitrogens with one attached hydrogen (secondary N) is 3. The second kappa shape index (κ2) is 10.7. The van der Waals surface area contributed by atoms with Crippen molar-refractivity contribution in [1.29, 1.82) is 0 Å². The molecule has 1 unspecified atom stereocenters. The maximum atomic E-state index is 13.1. The second-order valence-corrected chi connectivity index (χ2v) is 9.04. The van der Waals surface area contributed by atoms with Crippen molar-refractivity contribution in [3.05, 3.63) is 39.9 Å². The van der Waals surface area contributed by atoms with Crippen LogP contribution in [0.4, 0.5) is 37.8 Å². The van der Waals surface area contributed by atoms with Gasteiger partial charge in [-0.2, -0.15) is 31.4 Å². The van der Waals surface area contributed by atoms with Crippen LogP contribution < -0.4 is 25.8 Å². The van der Waals surface area contributed by atoms with Gasteiger partial charge in [0.15, 0.2) is 11.6 Å². The maximum Gasteiger partial charge on any atom is 0.423 e. The number of pyridine rings is 1. The predicted molar refractivity (Wildman–Crippen MR) is 121 cm³/mol. The quantitative estimate of drug-likeness (QED) is 0.450. The molecule has 3 N–H and O–H groups in total. The van der Waals surface area contributed by atoms with Crippen LogP contribution in [0.1, 0.15) is 30.9 Å². The van der Waals surface area contributed by atoms with Crippen LogP contribution in [0.15, 0.2) is 23.3 Å². The lowest BCUT2D eigenvalue weighted by molar-refractivity contribution is -0.138. The van der Waals surface area contributed by atoms with Crippen molar-refractivity contribution in [1.82, 2.24) is 20.5 Å². The van der Waals surface area contributed by atoms with E-state index in [4.69, 9.17) is 9.47 Å². The van der Waals surface area contributed by atoms with E-state index >= 15 is 0 Å². The molecule has 2 aliphatic rings. The minimum atomic E-state index is -4.89. The zero-order chi connectivity index (χ0) is 27.7. The summed E-state index contributed by atoms with van der Waals surface area (Å²) in [6, 6.07) is -0.184. The van der Waals surface area contributed by atoms with E-state index in [2.05, 4.69) is 20.7 Å². The number of fused-ring (bicyclic) bond motifs is 3. The van der Waals surface area contributed by atoms with E-state index in [1.54, 1.807) is 5.10 Å². The largest absolute Gasteiger partial charge is 0.488 e. The van der Waals surface area contributed by atoms with Crippen molar-refractivity contribution in [2.24, 2.45) is 0 Å². The number of nitrogens with zero attached hydrogens (tertiary/aromatic N) is 3. The van der Waals surface area contributed by atoms with Crippen LogP contribution in [-0.2, 0) is 21.9 Å². The number of alkyl halides is 6. The molecular weight excluding hydrogens is 526 g/mol. The third-order valence-electron chi connectivity index (χ3n) is 6.09. The summed E-state index contributed by atoms with van der Waals surface area (Å²) in [7, 11) is 0. The second-order valence-electron chi connectivity index (χ2n) is 9.04. The summed E-state index contributed by atoms with van der Waals surface area (Å²) in [5.41, 5.74) is -4.19. The van der Waals surface area contributed by atoms with Gasteiger partial charge in [0.2, 0.25) is 5.91 Å². The van der Waals surface area contributed by atoms with Gasteiger partial charge in [0.25, 0.3) is 5.56 Å². The molecule has 3 atom stereocenters. The van der Waals surface area contributed by atoms with Crippen LogP contribution in [0, 0.1) is 0 Å². The molecule has 2 aromatic heterocycles. The molecule has 208 valence electrons. The van der Waals surface area contributed by atoms with Gasteiger partial charge in [-0.15, -0.1) is 0 Å². The summed E-state index contributed by atoms with van der Waals surface area (Å²) in [4.78, 5) is 29.7. The van der Waals surface area contributed by atoms with E-state index in [1.165, 1.54) is 6.92 Å². The number of carbonyl (C=O) groups excluding carboxylic acids is 1. The topological polar surface area (TPSA) is 121 Å². The number of amides is 1. The summed E-state index contributed by atoms with van der Waals surface area (Å²) in [6.07, 6.45) is -6.82. The SMILES string of the molecule is C[C@@H](COCC(=O)NC1CCN2c3ncc(C(F)(F)F)cc3OC[C@@H]2C1)Nc1cn[nH]c(=O)c1C(F)(F)F. The van der Waals surface area contributed by atoms with Crippen molar-refractivity contribution >= 4 is 17.4 Å². The van der Waals surface area contributed by atoms with Gasteiger partial charge >= 0.3 is 12.4 Å².